The van der Waals surface area contributed by atoms with Crippen molar-refractivity contribution in [2.24, 2.45) is 0 Å². The third kappa shape index (κ3) is 3.54. The van der Waals surface area contributed by atoms with Gasteiger partial charge in [-0.1, -0.05) is 25.1 Å². The molecular formula is C19H22N2O3S. The minimum Gasteiger partial charge on any atom is -0.496 e. The van der Waals surface area contributed by atoms with E-state index in [2.05, 4.69) is 35.9 Å². The monoisotopic (exact) mass is 358 g/mol. The summed E-state index contributed by atoms with van der Waals surface area (Å²) >= 11 is 1.45. The minimum absolute atomic E-state index is 0.642. The molecule has 0 fully saturated rings. The lowest BCUT2D eigenvalue weighted by molar-refractivity contribution is 0.404. The summed E-state index contributed by atoms with van der Waals surface area (Å²) in [5.74, 6) is 2.22. The zero-order chi connectivity index (χ0) is 17.8. The first kappa shape index (κ1) is 17.5. The molecule has 2 aromatic carbocycles. The molecule has 0 spiro atoms. The topological polar surface area (TPSA) is 56.5 Å². The van der Waals surface area contributed by atoms with Crippen molar-refractivity contribution in [3.05, 3.63) is 41.5 Å². The second-order valence-corrected chi connectivity index (χ2v) is 6.45. The van der Waals surface area contributed by atoms with E-state index < -0.39 is 0 Å². The molecule has 6 heteroatoms. The van der Waals surface area contributed by atoms with Gasteiger partial charge in [0.15, 0.2) is 11.4 Å². The van der Waals surface area contributed by atoms with Crippen molar-refractivity contribution in [3.8, 4) is 11.5 Å². The number of aryl methyl sites for hydroxylation is 2. The van der Waals surface area contributed by atoms with Gasteiger partial charge in [-0.05, 0) is 60.2 Å². The van der Waals surface area contributed by atoms with Crippen LogP contribution < -0.4 is 14.2 Å². The van der Waals surface area contributed by atoms with E-state index in [1.165, 1.54) is 17.5 Å². The van der Waals surface area contributed by atoms with Crippen molar-refractivity contribution in [3.63, 3.8) is 0 Å². The number of hydrogen-bond acceptors (Lipinski definition) is 6. The molecule has 0 atom stereocenters. The van der Waals surface area contributed by atoms with Gasteiger partial charge in [0.25, 0.3) is 0 Å². The van der Waals surface area contributed by atoms with Crippen molar-refractivity contribution in [2.45, 2.75) is 31.6 Å². The molecule has 0 saturated heterocycles. The molecule has 0 aliphatic rings. The van der Waals surface area contributed by atoms with Gasteiger partial charge >= 0.3 is 0 Å². The summed E-state index contributed by atoms with van der Waals surface area (Å²) < 4.78 is 19.7. The Balaban J connectivity index is 1.92. The predicted octanol–water partition coefficient (Wildman–Crippen LogP) is 5.09. The van der Waals surface area contributed by atoms with E-state index in [1.54, 1.807) is 14.2 Å². The van der Waals surface area contributed by atoms with Gasteiger partial charge < -0.3 is 18.7 Å². The van der Waals surface area contributed by atoms with Gasteiger partial charge in [-0.3, -0.25) is 0 Å². The summed E-state index contributed by atoms with van der Waals surface area (Å²) in [6, 6.07) is 10.2. The summed E-state index contributed by atoms with van der Waals surface area (Å²) in [4.78, 5) is 1.00. The molecule has 0 radical (unpaired) electrons. The zero-order valence-corrected chi connectivity index (χ0v) is 15.7. The van der Waals surface area contributed by atoms with E-state index in [4.69, 9.17) is 14.0 Å². The molecule has 3 aromatic rings. The highest BCUT2D eigenvalue weighted by Gasteiger charge is 2.16. The molecule has 1 aromatic heterocycles. The van der Waals surface area contributed by atoms with Crippen LogP contribution in [-0.4, -0.2) is 19.4 Å². The van der Waals surface area contributed by atoms with E-state index in [0.29, 0.717) is 11.4 Å². The Bertz CT molecular complexity index is 876. The Hall–Kier alpha value is -2.34. The summed E-state index contributed by atoms with van der Waals surface area (Å²) in [5.41, 5.74) is 3.12. The van der Waals surface area contributed by atoms with Crippen LogP contribution in [0.15, 0.2) is 39.8 Å². The number of nitrogens with one attached hydrogen (secondary N) is 1. The normalized spacial score (nSPS) is 10.9. The quantitative estimate of drug-likeness (QED) is 0.594. The highest BCUT2D eigenvalue weighted by atomic mass is 32.2. The van der Waals surface area contributed by atoms with Gasteiger partial charge in [0.2, 0.25) is 0 Å². The van der Waals surface area contributed by atoms with Crippen LogP contribution in [-0.2, 0) is 12.8 Å². The molecule has 0 bridgehead atoms. The summed E-state index contributed by atoms with van der Waals surface area (Å²) in [7, 11) is 3.33. The Morgan fingerprint density at radius 1 is 1.00 bits per heavy atom. The molecule has 0 saturated carbocycles. The Labute approximate surface area is 151 Å². The average Bonchev–Trinajstić information content (AvgIpc) is 3.08. The Kier molecular flexibility index (Phi) is 5.38. The third-order valence-corrected chi connectivity index (χ3v) is 4.95. The fourth-order valence-corrected chi connectivity index (χ4v) is 3.46. The number of methoxy groups -OCH3 is 2. The van der Waals surface area contributed by atoms with Gasteiger partial charge in [-0.2, -0.15) is 0 Å². The molecule has 1 heterocycles. The van der Waals surface area contributed by atoms with Crippen LogP contribution in [0.25, 0.3) is 11.0 Å². The molecular weight excluding hydrogens is 336 g/mol. The van der Waals surface area contributed by atoms with Crippen molar-refractivity contribution < 1.29 is 14.0 Å². The van der Waals surface area contributed by atoms with Crippen LogP contribution >= 0.6 is 11.9 Å². The smallest absolute Gasteiger partial charge is 0.191 e. The second-order valence-electron chi connectivity index (χ2n) is 5.60. The van der Waals surface area contributed by atoms with Crippen LogP contribution in [0.2, 0.25) is 0 Å². The molecule has 132 valence electrons. The Morgan fingerprint density at radius 3 is 2.44 bits per heavy atom. The maximum Gasteiger partial charge on any atom is 0.191 e. The van der Waals surface area contributed by atoms with E-state index in [0.717, 1.165) is 40.2 Å². The van der Waals surface area contributed by atoms with Gasteiger partial charge in [-0.15, -0.1) is 0 Å². The van der Waals surface area contributed by atoms with Gasteiger partial charge in [0.05, 0.1) is 19.1 Å². The fraction of sp³-hybridized carbons (Fsp3) is 0.316. The van der Waals surface area contributed by atoms with Gasteiger partial charge in [0, 0.05) is 0 Å². The third-order valence-electron chi connectivity index (χ3n) is 4.12. The number of benzene rings is 2. The maximum absolute atomic E-state index is 5.53. The van der Waals surface area contributed by atoms with Crippen LogP contribution in [0, 0.1) is 0 Å². The van der Waals surface area contributed by atoms with Crippen LogP contribution in [0.3, 0.4) is 0 Å². The van der Waals surface area contributed by atoms with Crippen LogP contribution in [0.1, 0.15) is 25.0 Å². The first-order chi connectivity index (χ1) is 12.2. The number of hydrogen-bond donors (Lipinski definition) is 1. The lowest BCUT2D eigenvalue weighted by atomic mass is 10.1. The number of nitrogens with zero attached hydrogens (tertiary/aromatic N) is 1. The average molecular weight is 358 g/mol. The largest absolute Gasteiger partial charge is 0.496 e. The lowest BCUT2D eigenvalue weighted by Crippen LogP contribution is -1.94. The highest BCUT2D eigenvalue weighted by Crippen LogP contribution is 2.37. The van der Waals surface area contributed by atoms with Crippen LogP contribution in [0.5, 0.6) is 11.5 Å². The van der Waals surface area contributed by atoms with Crippen LogP contribution in [0.4, 0.5) is 5.82 Å². The lowest BCUT2D eigenvalue weighted by Gasteiger charge is -2.10. The summed E-state index contributed by atoms with van der Waals surface area (Å²) in [5, 5.41) is 5.01. The molecule has 0 aliphatic carbocycles. The van der Waals surface area contributed by atoms with Gasteiger partial charge in [-0.25, -0.2) is 0 Å². The fourth-order valence-electron chi connectivity index (χ4n) is 2.65. The molecule has 3 rings (SSSR count). The molecule has 0 amide bonds. The highest BCUT2D eigenvalue weighted by molar-refractivity contribution is 8.00. The summed E-state index contributed by atoms with van der Waals surface area (Å²) in [6.45, 7) is 4.23. The second kappa shape index (κ2) is 7.70. The predicted molar refractivity (Wildman–Crippen MR) is 102 cm³/mol. The molecule has 1 N–H and O–H groups in total. The molecule has 0 aliphatic heterocycles. The first-order valence-corrected chi connectivity index (χ1v) is 9.07. The molecule has 25 heavy (non-hydrogen) atoms. The molecule has 5 nitrogen and oxygen atoms in total. The van der Waals surface area contributed by atoms with E-state index in [-0.39, 0.29) is 0 Å². The SMILES string of the molecule is CCc1ccc(OC)c(SNc2noc3cc(CC)cc(OC)c23)c1. The number of fused-ring (bicyclic) bond motifs is 1. The van der Waals surface area contributed by atoms with Crippen molar-refractivity contribution in [1.82, 2.24) is 5.16 Å². The van der Waals surface area contributed by atoms with Crippen molar-refractivity contribution >= 4 is 28.7 Å². The molecule has 0 unspecified atom stereocenters. The number of anilines is 1. The van der Waals surface area contributed by atoms with Crippen molar-refractivity contribution in [2.75, 3.05) is 18.9 Å². The summed E-state index contributed by atoms with van der Waals surface area (Å²) in [6.07, 6.45) is 1.88. The van der Waals surface area contributed by atoms with E-state index in [9.17, 15) is 0 Å². The standard InChI is InChI=1S/C19H22N2O3S/c1-5-12-7-8-14(22-3)17(11-12)25-21-19-18-15(23-4)9-13(6-2)10-16(18)24-20-19/h7-11H,5-6H2,1-4H3,(H,20,21). The van der Waals surface area contributed by atoms with E-state index >= 15 is 0 Å². The zero-order valence-electron chi connectivity index (χ0n) is 14.9. The maximum atomic E-state index is 5.53. The Morgan fingerprint density at radius 2 is 1.76 bits per heavy atom. The first-order valence-electron chi connectivity index (χ1n) is 8.26. The number of ether oxygens (including phenoxy) is 2. The van der Waals surface area contributed by atoms with Crippen molar-refractivity contribution in [1.29, 1.82) is 0 Å². The van der Waals surface area contributed by atoms with Gasteiger partial charge in [0.1, 0.15) is 16.9 Å². The number of rotatable bonds is 7. The minimum atomic E-state index is 0.642. The van der Waals surface area contributed by atoms with E-state index in [1.807, 2.05) is 18.2 Å². The number of aromatic nitrogens is 1.